The monoisotopic (exact) mass is 340 g/mol. The first-order valence-electron chi connectivity index (χ1n) is 7.66. The van der Waals surface area contributed by atoms with Gasteiger partial charge in [-0.1, -0.05) is 6.07 Å². The highest BCUT2D eigenvalue weighted by molar-refractivity contribution is 6.06. The van der Waals surface area contributed by atoms with Crippen LogP contribution in [0.25, 0.3) is 11.3 Å². The van der Waals surface area contributed by atoms with Gasteiger partial charge in [-0.2, -0.15) is 0 Å². The minimum absolute atomic E-state index is 0. The highest BCUT2D eigenvalue weighted by Gasteiger charge is 2.15. The van der Waals surface area contributed by atoms with E-state index in [9.17, 15) is 4.79 Å². The largest absolute Gasteiger partial charge is 0.382 e. The lowest BCUT2D eigenvalue weighted by Crippen LogP contribution is -2.17. The minimum Gasteiger partial charge on any atom is -0.382 e. The molecule has 7 nitrogen and oxygen atoms in total. The lowest BCUT2D eigenvalue weighted by molar-refractivity contribution is 0.102. The number of amides is 1. The Morgan fingerprint density at radius 3 is 2.76 bits per heavy atom. The van der Waals surface area contributed by atoms with Crippen molar-refractivity contribution in [3.8, 4) is 11.3 Å². The molecule has 1 amide bonds. The number of hydrogen-bond donors (Lipinski definition) is 2. The van der Waals surface area contributed by atoms with Gasteiger partial charge in [-0.3, -0.25) is 9.78 Å². The van der Waals surface area contributed by atoms with Crippen LogP contribution in [0.3, 0.4) is 0 Å². The van der Waals surface area contributed by atoms with Gasteiger partial charge >= 0.3 is 0 Å². The van der Waals surface area contributed by atoms with E-state index in [2.05, 4.69) is 20.3 Å². The van der Waals surface area contributed by atoms with E-state index in [-0.39, 0.29) is 15.8 Å². The van der Waals surface area contributed by atoms with Crippen molar-refractivity contribution in [3.63, 3.8) is 0 Å². The van der Waals surface area contributed by atoms with Crippen LogP contribution in [-0.2, 0) is 0 Å². The molecule has 0 radical (unpaired) electrons. The van der Waals surface area contributed by atoms with Gasteiger partial charge in [0.2, 0.25) is 0 Å². The predicted octanol–water partition coefficient (Wildman–Crippen LogP) is 3.18. The third kappa shape index (κ3) is 3.72. The fourth-order valence-electron chi connectivity index (χ4n) is 2.27. The van der Waals surface area contributed by atoms with Crippen molar-refractivity contribution >= 4 is 23.1 Å². The smallest absolute Gasteiger partial charge is 0.278 e. The highest BCUT2D eigenvalue weighted by atomic mass is 16.1. The summed E-state index contributed by atoms with van der Waals surface area (Å²) in [4.78, 5) is 27.0. The standard InChI is InChI=1S/C18H18N6O.3H2/c1-24(2)14-7-3-6-13(9-14)22-18(25)16-17(19)21-11-15(23-16)12-5-4-8-20-10-12;;;/h3-11H,1-2H3,(H2,19,21)(H,22,25);3*1H. The Kier molecular flexibility index (Phi) is 4.56. The van der Waals surface area contributed by atoms with E-state index in [0.29, 0.717) is 11.4 Å². The zero-order valence-corrected chi connectivity index (χ0v) is 14.0. The number of nitrogen functional groups attached to an aromatic ring is 1. The Balaban J connectivity index is 0.00000243. The summed E-state index contributed by atoms with van der Waals surface area (Å²) in [7, 11) is 3.86. The number of nitrogens with one attached hydrogen (secondary N) is 1. The number of carbonyl (C=O) groups is 1. The van der Waals surface area contributed by atoms with E-state index in [1.165, 1.54) is 6.20 Å². The molecule has 0 aliphatic rings. The first-order chi connectivity index (χ1) is 12.0. The molecule has 25 heavy (non-hydrogen) atoms. The molecule has 7 heteroatoms. The number of anilines is 3. The van der Waals surface area contributed by atoms with Crippen molar-refractivity contribution in [2.24, 2.45) is 0 Å². The number of rotatable bonds is 4. The van der Waals surface area contributed by atoms with Gasteiger partial charge in [-0.15, -0.1) is 0 Å². The maximum atomic E-state index is 12.6. The lowest BCUT2D eigenvalue weighted by Gasteiger charge is -2.14. The molecule has 0 aliphatic heterocycles. The molecule has 0 saturated carbocycles. The Bertz CT molecular complexity index is 909. The van der Waals surface area contributed by atoms with E-state index in [1.54, 1.807) is 24.5 Å². The fourth-order valence-corrected chi connectivity index (χ4v) is 2.27. The van der Waals surface area contributed by atoms with Gasteiger partial charge < -0.3 is 16.0 Å². The quantitative estimate of drug-likeness (QED) is 0.757. The number of nitrogens with two attached hydrogens (primary N) is 1. The second kappa shape index (κ2) is 6.96. The highest BCUT2D eigenvalue weighted by Crippen LogP contribution is 2.20. The van der Waals surface area contributed by atoms with Crippen molar-refractivity contribution in [2.45, 2.75) is 0 Å². The van der Waals surface area contributed by atoms with Crippen molar-refractivity contribution in [1.29, 1.82) is 0 Å². The molecule has 132 valence electrons. The molecule has 3 rings (SSSR count). The Morgan fingerprint density at radius 2 is 2.04 bits per heavy atom. The number of aromatic nitrogens is 3. The molecule has 2 heterocycles. The number of pyridine rings is 1. The summed E-state index contributed by atoms with van der Waals surface area (Å²) in [6.45, 7) is 0. The molecule has 0 saturated heterocycles. The lowest BCUT2D eigenvalue weighted by atomic mass is 10.2. The molecule has 0 spiro atoms. The molecule has 0 bridgehead atoms. The summed E-state index contributed by atoms with van der Waals surface area (Å²) >= 11 is 0. The van der Waals surface area contributed by atoms with Crippen molar-refractivity contribution in [1.82, 2.24) is 15.0 Å². The molecule has 0 aliphatic carbocycles. The molecule has 3 N–H and O–H groups in total. The SMILES string of the molecule is CN(C)c1cccc(NC(=O)c2nc(-c3cccnc3)cnc2N)c1.[HH].[HH].[HH]. The summed E-state index contributed by atoms with van der Waals surface area (Å²) in [6, 6.07) is 11.1. The summed E-state index contributed by atoms with van der Waals surface area (Å²) in [5.41, 5.74) is 8.85. The van der Waals surface area contributed by atoms with Crippen molar-refractivity contribution in [3.05, 3.63) is 60.7 Å². The van der Waals surface area contributed by atoms with Crippen LogP contribution in [0, 0.1) is 0 Å². The van der Waals surface area contributed by atoms with Crippen LogP contribution in [0.2, 0.25) is 0 Å². The Hall–Kier alpha value is -3.48. The molecule has 0 unspecified atom stereocenters. The van der Waals surface area contributed by atoms with Crippen LogP contribution < -0.4 is 16.0 Å². The van der Waals surface area contributed by atoms with Gasteiger partial charge in [0.15, 0.2) is 11.5 Å². The molecular formula is C18H24N6O. The van der Waals surface area contributed by atoms with E-state index < -0.39 is 5.91 Å². The predicted molar refractivity (Wildman–Crippen MR) is 105 cm³/mol. The molecule has 0 atom stereocenters. The first kappa shape index (κ1) is 16.4. The number of hydrogen-bond acceptors (Lipinski definition) is 6. The number of nitrogens with zero attached hydrogens (tertiary/aromatic N) is 4. The van der Waals surface area contributed by atoms with Crippen LogP contribution >= 0.6 is 0 Å². The molecular weight excluding hydrogens is 316 g/mol. The van der Waals surface area contributed by atoms with Crippen LogP contribution in [0.1, 0.15) is 14.8 Å². The van der Waals surface area contributed by atoms with E-state index in [4.69, 9.17) is 5.73 Å². The fraction of sp³-hybridized carbons (Fsp3) is 0.111. The summed E-state index contributed by atoms with van der Waals surface area (Å²) in [6.07, 6.45) is 4.85. The second-order valence-corrected chi connectivity index (χ2v) is 5.63. The molecule has 1 aromatic carbocycles. The van der Waals surface area contributed by atoms with Crippen molar-refractivity contribution in [2.75, 3.05) is 30.0 Å². The van der Waals surface area contributed by atoms with Crippen molar-refractivity contribution < 1.29 is 9.07 Å². The summed E-state index contributed by atoms with van der Waals surface area (Å²) in [5.74, 6) is -0.333. The van der Waals surface area contributed by atoms with Gasteiger partial charge in [-0.05, 0) is 30.3 Å². The number of benzene rings is 1. The average molecular weight is 340 g/mol. The first-order valence-corrected chi connectivity index (χ1v) is 7.66. The molecule has 2 aromatic heterocycles. The van der Waals surface area contributed by atoms with E-state index in [1.807, 2.05) is 43.3 Å². The molecule has 0 fully saturated rings. The minimum atomic E-state index is -0.411. The maximum absolute atomic E-state index is 12.6. The van der Waals surface area contributed by atoms with Crippen LogP contribution in [0.5, 0.6) is 0 Å². The van der Waals surface area contributed by atoms with Gasteiger partial charge in [0.05, 0.1) is 11.9 Å². The Labute approximate surface area is 150 Å². The summed E-state index contributed by atoms with van der Waals surface area (Å²) < 4.78 is 0. The maximum Gasteiger partial charge on any atom is 0.278 e. The molecule has 3 aromatic rings. The van der Waals surface area contributed by atoms with Gasteiger partial charge in [0.25, 0.3) is 5.91 Å². The zero-order valence-electron chi connectivity index (χ0n) is 14.0. The van der Waals surface area contributed by atoms with E-state index in [0.717, 1.165) is 11.3 Å². The average Bonchev–Trinajstić information content (AvgIpc) is 2.63. The van der Waals surface area contributed by atoms with Crippen LogP contribution in [0.4, 0.5) is 17.2 Å². The summed E-state index contributed by atoms with van der Waals surface area (Å²) in [5, 5.41) is 2.81. The Morgan fingerprint density at radius 1 is 1.20 bits per heavy atom. The van der Waals surface area contributed by atoms with Crippen LogP contribution in [0.15, 0.2) is 55.0 Å². The third-order valence-electron chi connectivity index (χ3n) is 3.59. The second-order valence-electron chi connectivity index (χ2n) is 5.63. The third-order valence-corrected chi connectivity index (χ3v) is 3.59. The van der Waals surface area contributed by atoms with E-state index >= 15 is 0 Å². The van der Waals surface area contributed by atoms with Crippen LogP contribution in [-0.4, -0.2) is 35.0 Å². The normalized spacial score (nSPS) is 10.3. The van der Waals surface area contributed by atoms with Gasteiger partial charge in [0.1, 0.15) is 0 Å². The van der Waals surface area contributed by atoms with Gasteiger partial charge in [-0.25, -0.2) is 9.97 Å². The topological polar surface area (TPSA) is 97.0 Å². The number of carbonyl (C=O) groups excluding carboxylic acids is 1. The zero-order chi connectivity index (χ0) is 17.8. The van der Waals surface area contributed by atoms with Gasteiger partial charge in [0, 0.05) is 47.7 Å².